The Morgan fingerprint density at radius 2 is 1.49 bits per heavy atom. The Hall–Kier alpha value is -4.47. The predicted octanol–water partition coefficient (Wildman–Crippen LogP) is 7.92. The Morgan fingerprint density at radius 3 is 2.21 bits per heavy atom. The molecule has 0 heterocycles. The highest BCUT2D eigenvalue weighted by Crippen LogP contribution is 2.28. The molecular formula is C38H36ClNO6S. The second-order valence-corrected chi connectivity index (χ2v) is 13.4. The van der Waals surface area contributed by atoms with Crippen LogP contribution in [0.3, 0.4) is 0 Å². The van der Waals surface area contributed by atoms with Gasteiger partial charge in [-0.1, -0.05) is 78.3 Å². The molecule has 5 rings (SSSR count). The molecule has 0 fully saturated rings. The Bertz CT molecular complexity index is 1900. The van der Waals surface area contributed by atoms with Crippen molar-refractivity contribution in [1.29, 1.82) is 0 Å². The second-order valence-electron chi connectivity index (χ2n) is 11.0. The minimum Gasteiger partial charge on any atom is -0.462 e. The van der Waals surface area contributed by atoms with Crippen LogP contribution in [0.25, 0.3) is 0 Å². The van der Waals surface area contributed by atoms with Crippen molar-refractivity contribution < 1.29 is 27.8 Å². The van der Waals surface area contributed by atoms with E-state index in [9.17, 15) is 18.3 Å². The molecule has 0 aromatic heterocycles. The van der Waals surface area contributed by atoms with Crippen molar-refractivity contribution in [3.8, 4) is 11.5 Å². The van der Waals surface area contributed by atoms with Crippen molar-refractivity contribution in [2.45, 2.75) is 35.8 Å². The van der Waals surface area contributed by atoms with Gasteiger partial charge in [-0.15, -0.1) is 0 Å². The highest BCUT2D eigenvalue weighted by Gasteiger charge is 2.20. The molecular weight excluding hydrogens is 634 g/mol. The maximum absolute atomic E-state index is 13.6. The molecule has 0 aliphatic rings. The van der Waals surface area contributed by atoms with Gasteiger partial charge >= 0.3 is 5.97 Å². The van der Waals surface area contributed by atoms with E-state index in [1.807, 2.05) is 42.5 Å². The molecule has 0 saturated carbocycles. The van der Waals surface area contributed by atoms with Gasteiger partial charge in [0.25, 0.3) is 0 Å². The summed E-state index contributed by atoms with van der Waals surface area (Å²) >= 11 is 6.16. The first-order chi connectivity index (χ1) is 22.7. The van der Waals surface area contributed by atoms with E-state index >= 15 is 0 Å². The smallest absolute Gasteiger partial charge is 0.338 e. The quantitative estimate of drug-likeness (QED) is 0.120. The van der Waals surface area contributed by atoms with Crippen molar-refractivity contribution in [1.82, 2.24) is 4.90 Å². The highest BCUT2D eigenvalue weighted by molar-refractivity contribution is 7.91. The van der Waals surface area contributed by atoms with Gasteiger partial charge in [0.05, 0.1) is 28.1 Å². The molecule has 0 unspecified atom stereocenters. The number of esters is 1. The summed E-state index contributed by atoms with van der Waals surface area (Å²) in [6.07, 6.45) is -0.0601. The summed E-state index contributed by atoms with van der Waals surface area (Å²) in [7, 11) is -3.83. The summed E-state index contributed by atoms with van der Waals surface area (Å²) in [5.41, 5.74) is 3.20. The summed E-state index contributed by atoms with van der Waals surface area (Å²) in [4.78, 5) is 14.5. The summed E-state index contributed by atoms with van der Waals surface area (Å²) in [5, 5.41) is 11.6. The van der Waals surface area contributed by atoms with Crippen molar-refractivity contribution in [3.05, 3.63) is 155 Å². The molecule has 0 radical (unpaired) electrons. The van der Waals surface area contributed by atoms with E-state index in [0.717, 1.165) is 16.7 Å². The summed E-state index contributed by atoms with van der Waals surface area (Å²) in [5.74, 6) is 0.245. The van der Waals surface area contributed by atoms with Gasteiger partial charge in [0.1, 0.15) is 11.5 Å². The molecule has 47 heavy (non-hydrogen) atoms. The number of aliphatic hydroxyl groups is 1. The predicted molar refractivity (Wildman–Crippen MR) is 183 cm³/mol. The zero-order valence-electron chi connectivity index (χ0n) is 26.0. The molecule has 0 aliphatic heterocycles. The first-order valence-electron chi connectivity index (χ1n) is 15.3. The second kappa shape index (κ2) is 15.9. The lowest BCUT2D eigenvalue weighted by atomic mass is 10.1. The fourth-order valence-electron chi connectivity index (χ4n) is 5.14. The monoisotopic (exact) mass is 669 g/mol. The Balaban J connectivity index is 1.26. The fraction of sp³-hybridized carbons (Fsp3) is 0.184. The van der Waals surface area contributed by atoms with Crippen LogP contribution in [0.2, 0.25) is 5.02 Å². The average Bonchev–Trinajstić information content (AvgIpc) is 3.08. The number of hydrogen-bond donors (Lipinski definition) is 1. The van der Waals surface area contributed by atoms with Gasteiger partial charge in [-0.3, -0.25) is 4.90 Å². The number of aliphatic hydroxyl groups excluding tert-OH is 1. The van der Waals surface area contributed by atoms with Gasteiger partial charge in [-0.25, -0.2) is 13.2 Å². The third kappa shape index (κ3) is 9.30. The topological polar surface area (TPSA) is 93.1 Å². The first-order valence-corrected chi connectivity index (χ1v) is 17.2. The molecule has 5 aromatic carbocycles. The van der Waals surface area contributed by atoms with Gasteiger partial charge < -0.3 is 14.6 Å². The Kier molecular flexibility index (Phi) is 11.5. The number of rotatable bonds is 14. The SMILES string of the molecule is CCOC(=O)c1cccc(Oc2cccc(S(=O)(=O)c3ccc(CCN(Cc4ccccc4)C[C@H](O)c4cccc(Cl)c4)cc3)c2)c1. The lowest BCUT2D eigenvalue weighted by Crippen LogP contribution is -2.30. The summed E-state index contributed by atoms with van der Waals surface area (Å²) < 4.78 is 38.0. The molecule has 9 heteroatoms. The van der Waals surface area contributed by atoms with Crippen LogP contribution in [0, 0.1) is 0 Å². The largest absolute Gasteiger partial charge is 0.462 e. The van der Waals surface area contributed by atoms with Crippen LogP contribution in [0.15, 0.2) is 137 Å². The third-order valence-corrected chi connectivity index (χ3v) is 9.56. The van der Waals surface area contributed by atoms with Crippen molar-refractivity contribution >= 4 is 27.4 Å². The number of benzene rings is 5. The Labute approximate surface area is 280 Å². The maximum atomic E-state index is 13.6. The van der Waals surface area contributed by atoms with Gasteiger partial charge in [-0.2, -0.15) is 0 Å². The zero-order valence-corrected chi connectivity index (χ0v) is 27.5. The number of carbonyl (C=O) groups is 1. The van der Waals surface area contributed by atoms with Crippen molar-refractivity contribution in [2.75, 3.05) is 19.7 Å². The molecule has 0 amide bonds. The standard InChI is InChI=1S/C38H36ClNO6S/c1-2-45-38(42)31-12-7-14-33(24-31)46-34-15-8-16-36(25-34)47(43,44)35-19-17-28(18-20-35)21-22-40(26-29-9-4-3-5-10-29)27-37(41)30-11-6-13-32(39)23-30/h3-20,23-25,37,41H,2,21-22,26-27H2,1H3/t37-/m0/s1. The van der Waals surface area contributed by atoms with E-state index in [2.05, 4.69) is 17.0 Å². The van der Waals surface area contributed by atoms with Crippen LogP contribution < -0.4 is 4.74 Å². The fourth-order valence-corrected chi connectivity index (χ4v) is 6.64. The number of hydrogen-bond acceptors (Lipinski definition) is 7. The molecule has 242 valence electrons. The molecule has 0 aliphatic carbocycles. The maximum Gasteiger partial charge on any atom is 0.338 e. The number of sulfone groups is 1. The summed E-state index contributed by atoms with van der Waals surface area (Å²) in [6, 6.07) is 37.0. The lowest BCUT2D eigenvalue weighted by molar-refractivity contribution is 0.0526. The third-order valence-electron chi connectivity index (χ3n) is 7.56. The van der Waals surface area contributed by atoms with Crippen LogP contribution in [0.4, 0.5) is 0 Å². The zero-order chi connectivity index (χ0) is 33.2. The normalized spacial score (nSPS) is 12.1. The molecule has 1 N–H and O–H groups in total. The number of ether oxygens (including phenoxy) is 2. The van der Waals surface area contributed by atoms with Gasteiger partial charge in [0, 0.05) is 24.7 Å². The molecule has 1 atom stereocenters. The van der Waals surface area contributed by atoms with E-state index in [1.165, 1.54) is 12.1 Å². The van der Waals surface area contributed by atoms with Crippen LogP contribution in [-0.2, 0) is 27.5 Å². The van der Waals surface area contributed by atoms with Crippen LogP contribution >= 0.6 is 11.6 Å². The molecule has 5 aromatic rings. The Morgan fingerprint density at radius 1 is 0.787 bits per heavy atom. The van der Waals surface area contributed by atoms with Gasteiger partial charge in [0.2, 0.25) is 9.84 Å². The lowest BCUT2D eigenvalue weighted by Gasteiger charge is -2.25. The van der Waals surface area contributed by atoms with Crippen LogP contribution in [0.1, 0.15) is 40.1 Å². The van der Waals surface area contributed by atoms with E-state index in [0.29, 0.717) is 48.1 Å². The number of halogens is 1. The molecule has 7 nitrogen and oxygen atoms in total. The number of carbonyl (C=O) groups excluding carboxylic acids is 1. The number of nitrogens with zero attached hydrogens (tertiary/aromatic N) is 1. The molecule has 0 spiro atoms. The minimum atomic E-state index is -3.83. The average molecular weight is 670 g/mol. The summed E-state index contributed by atoms with van der Waals surface area (Å²) in [6.45, 7) is 3.70. The van der Waals surface area contributed by atoms with E-state index in [-0.39, 0.29) is 16.4 Å². The molecule has 0 bridgehead atoms. The van der Waals surface area contributed by atoms with Gasteiger partial charge in [-0.05, 0) is 90.7 Å². The van der Waals surface area contributed by atoms with Crippen molar-refractivity contribution in [3.63, 3.8) is 0 Å². The van der Waals surface area contributed by atoms with Crippen molar-refractivity contribution in [2.24, 2.45) is 0 Å². The van der Waals surface area contributed by atoms with E-state index in [1.54, 1.807) is 67.6 Å². The molecule has 0 saturated heterocycles. The van der Waals surface area contributed by atoms with Crippen LogP contribution in [-0.4, -0.2) is 44.1 Å². The highest BCUT2D eigenvalue weighted by atomic mass is 35.5. The van der Waals surface area contributed by atoms with E-state index in [4.69, 9.17) is 21.1 Å². The van der Waals surface area contributed by atoms with E-state index < -0.39 is 21.9 Å². The first kappa shape index (κ1) is 33.9. The minimum absolute atomic E-state index is 0.0911. The van der Waals surface area contributed by atoms with Crippen LogP contribution in [0.5, 0.6) is 11.5 Å². The van der Waals surface area contributed by atoms with Gasteiger partial charge in [0.15, 0.2) is 0 Å².